The topological polar surface area (TPSA) is 71.8 Å². The van der Waals surface area contributed by atoms with Gasteiger partial charge in [-0.2, -0.15) is 0 Å². The van der Waals surface area contributed by atoms with E-state index in [1.165, 1.54) is 0 Å². The fraction of sp³-hybridized carbons (Fsp3) is 0.316. The van der Waals surface area contributed by atoms with Crippen LogP contribution in [-0.4, -0.2) is 40.3 Å². The normalized spacial score (nSPS) is 17.2. The van der Waals surface area contributed by atoms with Gasteiger partial charge >= 0.3 is 0 Å². The van der Waals surface area contributed by atoms with E-state index < -0.39 is 0 Å². The van der Waals surface area contributed by atoms with E-state index >= 15 is 0 Å². The predicted octanol–water partition coefficient (Wildman–Crippen LogP) is 2.73. The highest BCUT2D eigenvalue weighted by atomic mass is 32.1. The lowest BCUT2D eigenvalue weighted by Crippen LogP contribution is -2.38. The molecule has 0 spiro atoms. The van der Waals surface area contributed by atoms with Crippen molar-refractivity contribution in [3.8, 4) is 16.4 Å². The van der Waals surface area contributed by atoms with Crippen LogP contribution in [0.4, 0.5) is 0 Å². The number of benzene rings is 1. The van der Waals surface area contributed by atoms with E-state index in [-0.39, 0.29) is 11.7 Å². The Morgan fingerprint density at radius 3 is 2.88 bits per heavy atom. The molecule has 2 N–H and O–H groups in total. The first-order chi connectivity index (χ1) is 12.8. The third-order valence-electron chi connectivity index (χ3n) is 4.50. The zero-order chi connectivity index (χ0) is 17.8. The number of nitrogens with zero attached hydrogens (tertiary/aromatic N) is 3. The molecule has 134 valence electrons. The van der Waals surface area contributed by atoms with E-state index in [0.29, 0.717) is 18.3 Å². The highest BCUT2D eigenvalue weighted by Crippen LogP contribution is 2.25. The Morgan fingerprint density at radius 2 is 2.15 bits per heavy atom. The van der Waals surface area contributed by atoms with Crippen LogP contribution in [0.2, 0.25) is 0 Å². The number of carbonyl (C=O) groups is 1. The monoisotopic (exact) mass is 367 g/mol. The van der Waals surface area contributed by atoms with Gasteiger partial charge in [0.1, 0.15) is 0 Å². The van der Waals surface area contributed by atoms with Gasteiger partial charge < -0.3 is 10.6 Å². The first-order valence-electron chi connectivity index (χ1n) is 8.86. The van der Waals surface area contributed by atoms with Gasteiger partial charge in [0.2, 0.25) is 5.82 Å². The lowest BCUT2D eigenvalue weighted by atomic mass is 10.00. The molecule has 0 aliphatic carbocycles. The maximum atomic E-state index is 12.6. The van der Waals surface area contributed by atoms with Gasteiger partial charge in [0, 0.05) is 6.54 Å². The number of carbonyl (C=O) groups excluding carboxylic acids is 1. The molecule has 3 heterocycles. The maximum absolute atomic E-state index is 12.6. The van der Waals surface area contributed by atoms with Crippen LogP contribution in [0.25, 0.3) is 16.4 Å². The Morgan fingerprint density at radius 1 is 1.27 bits per heavy atom. The number of rotatable bonds is 5. The van der Waals surface area contributed by atoms with Gasteiger partial charge in [-0.1, -0.05) is 24.3 Å². The Hall–Kier alpha value is -2.51. The third-order valence-corrected chi connectivity index (χ3v) is 5.37. The second-order valence-electron chi connectivity index (χ2n) is 6.41. The summed E-state index contributed by atoms with van der Waals surface area (Å²) in [7, 11) is 0. The molecule has 1 unspecified atom stereocenters. The van der Waals surface area contributed by atoms with Crippen LogP contribution in [0.1, 0.15) is 23.5 Å². The average molecular weight is 367 g/mol. The van der Waals surface area contributed by atoms with E-state index in [2.05, 4.69) is 20.7 Å². The molecule has 1 aliphatic rings. The second-order valence-corrected chi connectivity index (χ2v) is 7.35. The van der Waals surface area contributed by atoms with Gasteiger partial charge in [-0.15, -0.1) is 16.4 Å². The standard InChI is InChI=1S/C19H21N5OS/c25-19(21-13-14-6-4-10-20-12-14)17-22-18(16-9-5-11-26-16)24(23-17)15-7-2-1-3-8-15/h1-3,5,7-9,11,14,20H,4,6,10,12-13H2,(H,21,25). The van der Waals surface area contributed by atoms with E-state index in [9.17, 15) is 4.79 Å². The van der Waals surface area contributed by atoms with Crippen molar-refractivity contribution in [2.24, 2.45) is 5.92 Å². The molecule has 1 aromatic carbocycles. The summed E-state index contributed by atoms with van der Waals surface area (Å²) in [6.07, 6.45) is 2.30. The summed E-state index contributed by atoms with van der Waals surface area (Å²) >= 11 is 1.58. The average Bonchev–Trinajstić information content (AvgIpc) is 3.37. The third kappa shape index (κ3) is 3.68. The molecule has 1 atom stereocenters. The minimum Gasteiger partial charge on any atom is -0.349 e. The van der Waals surface area contributed by atoms with E-state index in [4.69, 9.17) is 0 Å². The summed E-state index contributed by atoms with van der Waals surface area (Å²) in [4.78, 5) is 18.1. The van der Waals surface area contributed by atoms with Crippen molar-refractivity contribution >= 4 is 17.2 Å². The van der Waals surface area contributed by atoms with Crippen LogP contribution in [-0.2, 0) is 0 Å². The molecule has 0 bridgehead atoms. The molecule has 2 aromatic heterocycles. The van der Waals surface area contributed by atoms with Crippen LogP contribution in [0.15, 0.2) is 47.8 Å². The molecule has 4 rings (SSSR count). The molecule has 6 nitrogen and oxygen atoms in total. The summed E-state index contributed by atoms with van der Waals surface area (Å²) in [5.41, 5.74) is 0.888. The van der Waals surface area contributed by atoms with Crippen molar-refractivity contribution < 1.29 is 4.79 Å². The molecule has 0 saturated carbocycles. The van der Waals surface area contributed by atoms with Crippen molar-refractivity contribution in [1.29, 1.82) is 0 Å². The number of piperidine rings is 1. The summed E-state index contributed by atoms with van der Waals surface area (Å²) in [6.45, 7) is 2.67. The minimum absolute atomic E-state index is 0.209. The Kier molecular flexibility index (Phi) is 5.08. The van der Waals surface area contributed by atoms with Crippen LogP contribution < -0.4 is 10.6 Å². The molecule has 1 fully saturated rings. The maximum Gasteiger partial charge on any atom is 0.291 e. The molecule has 1 saturated heterocycles. The molecule has 1 amide bonds. The van der Waals surface area contributed by atoms with Crippen LogP contribution >= 0.6 is 11.3 Å². The summed E-state index contributed by atoms with van der Waals surface area (Å²) < 4.78 is 1.74. The number of hydrogen-bond acceptors (Lipinski definition) is 5. The van der Waals surface area contributed by atoms with Gasteiger partial charge in [-0.3, -0.25) is 4.79 Å². The highest BCUT2D eigenvalue weighted by molar-refractivity contribution is 7.13. The van der Waals surface area contributed by atoms with Crippen LogP contribution in [0, 0.1) is 5.92 Å². The molecule has 7 heteroatoms. The van der Waals surface area contributed by atoms with Gasteiger partial charge in [0.25, 0.3) is 5.91 Å². The first-order valence-corrected chi connectivity index (χ1v) is 9.74. The fourth-order valence-corrected chi connectivity index (χ4v) is 3.84. The Bertz CT molecular complexity index is 853. The largest absolute Gasteiger partial charge is 0.349 e. The molecule has 26 heavy (non-hydrogen) atoms. The van der Waals surface area contributed by atoms with Gasteiger partial charge in [-0.05, 0) is 55.4 Å². The highest BCUT2D eigenvalue weighted by Gasteiger charge is 2.20. The Labute approximate surface area is 156 Å². The number of nitrogens with one attached hydrogen (secondary N) is 2. The van der Waals surface area contributed by atoms with E-state index in [1.807, 2.05) is 47.8 Å². The number of hydrogen-bond donors (Lipinski definition) is 2. The Balaban J connectivity index is 1.57. The van der Waals surface area contributed by atoms with Crippen molar-refractivity contribution in [3.63, 3.8) is 0 Å². The van der Waals surface area contributed by atoms with Crippen molar-refractivity contribution in [2.75, 3.05) is 19.6 Å². The molecular weight excluding hydrogens is 346 g/mol. The SMILES string of the molecule is O=C(NCC1CCCNC1)c1nc(-c2cccs2)n(-c2ccccc2)n1. The molecular formula is C19H21N5OS. The van der Waals surface area contributed by atoms with Crippen molar-refractivity contribution in [1.82, 2.24) is 25.4 Å². The minimum atomic E-state index is -0.219. The van der Waals surface area contributed by atoms with Crippen molar-refractivity contribution in [3.05, 3.63) is 53.7 Å². The number of thiophene rings is 1. The van der Waals surface area contributed by atoms with Crippen LogP contribution in [0.3, 0.4) is 0 Å². The lowest BCUT2D eigenvalue weighted by Gasteiger charge is -2.22. The summed E-state index contributed by atoms with van der Waals surface area (Å²) in [5.74, 6) is 1.15. The van der Waals surface area contributed by atoms with Gasteiger partial charge in [-0.25, -0.2) is 9.67 Å². The second kappa shape index (κ2) is 7.80. The molecule has 0 radical (unpaired) electrons. The zero-order valence-corrected chi connectivity index (χ0v) is 15.2. The van der Waals surface area contributed by atoms with Gasteiger partial charge in [0.15, 0.2) is 5.82 Å². The lowest BCUT2D eigenvalue weighted by molar-refractivity contribution is 0.0934. The van der Waals surface area contributed by atoms with Crippen molar-refractivity contribution in [2.45, 2.75) is 12.8 Å². The zero-order valence-electron chi connectivity index (χ0n) is 14.4. The smallest absolute Gasteiger partial charge is 0.291 e. The van der Waals surface area contributed by atoms with Gasteiger partial charge in [0.05, 0.1) is 10.6 Å². The molecule has 3 aromatic rings. The summed E-state index contributed by atoms with van der Waals surface area (Å²) in [6, 6.07) is 13.7. The summed E-state index contributed by atoms with van der Waals surface area (Å²) in [5, 5.41) is 12.8. The number of para-hydroxylation sites is 1. The molecule has 1 aliphatic heterocycles. The fourth-order valence-electron chi connectivity index (χ4n) is 3.14. The van der Waals surface area contributed by atoms with E-state index in [1.54, 1.807) is 16.0 Å². The van der Waals surface area contributed by atoms with E-state index in [0.717, 1.165) is 36.5 Å². The van der Waals surface area contributed by atoms with Crippen LogP contribution in [0.5, 0.6) is 0 Å². The quantitative estimate of drug-likeness (QED) is 0.727. The number of aromatic nitrogens is 3. The predicted molar refractivity (Wildman–Crippen MR) is 103 cm³/mol. The number of amides is 1. The first kappa shape index (κ1) is 16.9.